The third-order valence-electron chi connectivity index (χ3n) is 6.77. The van der Waals surface area contributed by atoms with E-state index in [9.17, 15) is 14.9 Å². The van der Waals surface area contributed by atoms with Crippen molar-refractivity contribution in [3.63, 3.8) is 0 Å². The van der Waals surface area contributed by atoms with Crippen molar-refractivity contribution in [1.82, 2.24) is 9.88 Å². The molecule has 0 radical (unpaired) electrons. The molecule has 1 aromatic heterocycles. The van der Waals surface area contributed by atoms with Gasteiger partial charge < -0.3 is 15.6 Å². The minimum Gasteiger partial charge on any atom is -0.404 e. The number of amides is 1. The van der Waals surface area contributed by atoms with Gasteiger partial charge in [0.25, 0.3) is 0 Å². The second kappa shape index (κ2) is 8.88. The molecule has 1 heterocycles. The molecule has 3 aromatic rings. The molecule has 0 saturated carbocycles. The first-order valence-electron chi connectivity index (χ1n) is 11.5. The third-order valence-corrected chi connectivity index (χ3v) is 6.77. The van der Waals surface area contributed by atoms with Gasteiger partial charge in [-0.3, -0.25) is 14.6 Å². The van der Waals surface area contributed by atoms with Crippen molar-refractivity contribution in [1.29, 1.82) is 5.26 Å². The molecule has 1 aliphatic carbocycles. The van der Waals surface area contributed by atoms with Gasteiger partial charge >= 0.3 is 0 Å². The predicted octanol–water partition coefficient (Wildman–Crippen LogP) is 3.93. The number of hydrogen-bond donors (Lipinski definition) is 2. The smallest absolute Gasteiger partial charge is 0.243 e. The number of allylic oxidation sites excluding steroid dienone is 1. The van der Waals surface area contributed by atoms with Crippen molar-refractivity contribution < 1.29 is 9.59 Å². The number of nitrogens with two attached hydrogens (primary N) is 1. The number of rotatable bonds is 5. The number of nitrogens with zero attached hydrogens (tertiary/aromatic N) is 3. The van der Waals surface area contributed by atoms with Gasteiger partial charge in [-0.25, -0.2) is 0 Å². The van der Waals surface area contributed by atoms with Crippen LogP contribution in [0.15, 0.2) is 41.5 Å². The number of aliphatic imine (C=N–C) groups is 1. The van der Waals surface area contributed by atoms with E-state index in [1.807, 2.05) is 25.1 Å². The van der Waals surface area contributed by atoms with Crippen LogP contribution in [0, 0.1) is 11.3 Å². The lowest BCUT2D eigenvalue weighted by atomic mass is 9.70. The Balaban J connectivity index is 1.86. The van der Waals surface area contributed by atoms with Gasteiger partial charge in [-0.15, -0.1) is 0 Å². The molecule has 0 unspecified atom stereocenters. The molecule has 0 bridgehead atoms. The van der Waals surface area contributed by atoms with Crippen molar-refractivity contribution in [2.45, 2.75) is 32.6 Å². The van der Waals surface area contributed by atoms with Crippen LogP contribution < -0.4 is 5.73 Å². The molecule has 0 atom stereocenters. The Hall–Kier alpha value is -4.18. The molecule has 1 aliphatic rings. The molecule has 2 aromatic carbocycles. The van der Waals surface area contributed by atoms with E-state index < -0.39 is 5.41 Å². The third kappa shape index (κ3) is 3.91. The minimum absolute atomic E-state index is 0.0316. The highest BCUT2D eigenvalue weighted by Crippen LogP contribution is 2.45. The lowest BCUT2D eigenvalue weighted by Gasteiger charge is -2.33. The minimum atomic E-state index is -0.497. The van der Waals surface area contributed by atoms with Gasteiger partial charge in [-0.1, -0.05) is 26.8 Å². The highest BCUT2D eigenvalue weighted by atomic mass is 16.2. The van der Waals surface area contributed by atoms with E-state index >= 15 is 0 Å². The average Bonchev–Trinajstić information content (AvgIpc) is 3.24. The van der Waals surface area contributed by atoms with Crippen molar-refractivity contribution in [2.24, 2.45) is 10.7 Å². The molecule has 4 rings (SSSR count). The fourth-order valence-corrected chi connectivity index (χ4v) is 4.72. The number of aromatic amines is 1. The van der Waals surface area contributed by atoms with Crippen LogP contribution in [0.25, 0.3) is 16.5 Å². The number of fused-ring (bicyclic) bond motifs is 4. The summed E-state index contributed by atoms with van der Waals surface area (Å²) in [5, 5.41) is 10.1. The maximum Gasteiger partial charge on any atom is 0.243 e. The molecule has 0 spiro atoms. The quantitative estimate of drug-likeness (QED) is 0.553. The van der Waals surface area contributed by atoms with Gasteiger partial charge in [0.1, 0.15) is 6.54 Å². The van der Waals surface area contributed by atoms with Crippen LogP contribution in [-0.2, 0) is 16.6 Å². The van der Waals surface area contributed by atoms with Crippen LogP contribution in [-0.4, -0.2) is 48.4 Å². The first kappa shape index (κ1) is 24.0. The summed E-state index contributed by atoms with van der Waals surface area (Å²) in [5.41, 5.74) is 12.4. The Morgan fingerprint density at radius 1 is 1.26 bits per heavy atom. The summed E-state index contributed by atoms with van der Waals surface area (Å²) in [6.07, 6.45) is 3.81. The van der Waals surface area contributed by atoms with Gasteiger partial charge in [-0.05, 0) is 47.4 Å². The Morgan fingerprint density at radius 3 is 2.63 bits per heavy atom. The van der Waals surface area contributed by atoms with E-state index in [0.717, 1.165) is 33.3 Å². The standard InChI is InChI=1S/C28H29N5O2/c1-6-17-10-21-22(11-20(17)18(13-30)14-31-15-24(34)33(4)5)28(2,3)27-25(26(21)35)19-8-7-16(12-29)9-23(19)32-27/h7-11,13-14,32H,6,15,30H2,1-5H3. The summed E-state index contributed by atoms with van der Waals surface area (Å²) < 4.78 is 0. The molecule has 0 aliphatic heterocycles. The lowest BCUT2D eigenvalue weighted by molar-refractivity contribution is -0.127. The van der Waals surface area contributed by atoms with Gasteiger partial charge in [0.2, 0.25) is 5.91 Å². The summed E-state index contributed by atoms with van der Waals surface area (Å²) >= 11 is 0. The second-order valence-electron chi connectivity index (χ2n) is 9.49. The van der Waals surface area contributed by atoms with Gasteiger partial charge in [-0.2, -0.15) is 5.26 Å². The van der Waals surface area contributed by atoms with Crippen LogP contribution in [0.2, 0.25) is 0 Å². The number of aromatic nitrogens is 1. The van der Waals surface area contributed by atoms with Crippen molar-refractivity contribution >= 4 is 34.4 Å². The summed E-state index contributed by atoms with van der Waals surface area (Å²) in [6, 6.07) is 11.5. The molecule has 7 heteroatoms. The Morgan fingerprint density at radius 2 is 2.00 bits per heavy atom. The first-order chi connectivity index (χ1) is 16.6. The summed E-state index contributed by atoms with van der Waals surface area (Å²) in [4.78, 5) is 34.9. The van der Waals surface area contributed by atoms with Gasteiger partial charge in [0.05, 0.1) is 17.2 Å². The zero-order valence-electron chi connectivity index (χ0n) is 20.7. The van der Waals surface area contributed by atoms with E-state index in [1.54, 1.807) is 32.4 Å². The zero-order chi connectivity index (χ0) is 25.5. The Bertz CT molecular complexity index is 1460. The Kier molecular flexibility index (Phi) is 6.08. The number of carbonyl (C=O) groups is 2. The number of likely N-dealkylation sites (N-methyl/N-ethyl adjacent to an activating group) is 1. The number of carbonyl (C=O) groups excluding carboxylic acids is 2. The molecule has 0 fully saturated rings. The van der Waals surface area contributed by atoms with Crippen LogP contribution in [0.1, 0.15) is 64.6 Å². The number of nitrogens with one attached hydrogen (secondary N) is 1. The predicted molar refractivity (Wildman–Crippen MR) is 139 cm³/mol. The van der Waals surface area contributed by atoms with Crippen LogP contribution in [0.4, 0.5) is 0 Å². The molecular weight excluding hydrogens is 438 g/mol. The SMILES string of the molecule is CCc1cc2c(cc1C(C=NCC(=O)N(C)C)=CN)C(C)(C)c1[nH]c3cc(C#N)ccc3c1C2=O. The fraction of sp³-hybridized carbons (Fsp3) is 0.286. The van der Waals surface area contributed by atoms with Crippen molar-refractivity contribution in [3.8, 4) is 6.07 Å². The number of benzene rings is 2. The average molecular weight is 468 g/mol. The molecule has 0 saturated heterocycles. The van der Waals surface area contributed by atoms with E-state index in [0.29, 0.717) is 28.7 Å². The highest BCUT2D eigenvalue weighted by Gasteiger charge is 2.40. The van der Waals surface area contributed by atoms with Crippen LogP contribution >= 0.6 is 0 Å². The molecule has 1 amide bonds. The maximum atomic E-state index is 13.8. The van der Waals surface area contributed by atoms with Gasteiger partial charge in [0.15, 0.2) is 5.78 Å². The van der Waals surface area contributed by atoms with Gasteiger partial charge in [0, 0.05) is 59.7 Å². The molecule has 35 heavy (non-hydrogen) atoms. The topological polar surface area (TPSA) is 115 Å². The number of H-pyrrole nitrogens is 1. The molecule has 178 valence electrons. The summed E-state index contributed by atoms with van der Waals surface area (Å²) in [7, 11) is 3.38. The van der Waals surface area contributed by atoms with E-state index in [1.165, 1.54) is 11.1 Å². The van der Waals surface area contributed by atoms with Crippen molar-refractivity contribution in [2.75, 3.05) is 20.6 Å². The number of hydrogen-bond acceptors (Lipinski definition) is 5. The number of nitriles is 1. The molecular formula is C28H29N5O2. The van der Waals surface area contributed by atoms with Crippen LogP contribution in [0.5, 0.6) is 0 Å². The van der Waals surface area contributed by atoms with E-state index in [-0.39, 0.29) is 18.2 Å². The monoisotopic (exact) mass is 467 g/mol. The fourth-order valence-electron chi connectivity index (χ4n) is 4.72. The number of aryl methyl sites for hydroxylation is 1. The normalized spacial score (nSPS) is 14.6. The molecule has 3 N–H and O–H groups in total. The first-order valence-corrected chi connectivity index (χ1v) is 11.5. The van der Waals surface area contributed by atoms with E-state index in [2.05, 4.69) is 29.9 Å². The second-order valence-corrected chi connectivity index (χ2v) is 9.49. The van der Waals surface area contributed by atoms with Crippen molar-refractivity contribution in [3.05, 3.63) is 75.6 Å². The van der Waals surface area contributed by atoms with Crippen LogP contribution in [0.3, 0.4) is 0 Å². The lowest BCUT2D eigenvalue weighted by Crippen LogP contribution is -2.31. The Labute approximate surface area is 205 Å². The summed E-state index contributed by atoms with van der Waals surface area (Å²) in [5.74, 6) is -0.133. The highest BCUT2D eigenvalue weighted by molar-refractivity contribution is 6.20. The number of ketones is 1. The zero-order valence-corrected chi connectivity index (χ0v) is 20.7. The summed E-state index contributed by atoms with van der Waals surface area (Å²) in [6.45, 7) is 6.24. The van der Waals surface area contributed by atoms with E-state index in [4.69, 9.17) is 5.73 Å². The largest absolute Gasteiger partial charge is 0.404 e. The molecule has 7 nitrogen and oxygen atoms in total. The maximum absolute atomic E-state index is 13.8.